The highest BCUT2D eigenvalue weighted by molar-refractivity contribution is 6.02. The van der Waals surface area contributed by atoms with E-state index in [-0.39, 0.29) is 28.9 Å². The van der Waals surface area contributed by atoms with E-state index < -0.39 is 0 Å². The van der Waals surface area contributed by atoms with Crippen LogP contribution in [0.2, 0.25) is 0 Å². The molecule has 6 rings (SSSR count). The number of carbonyl (C=O) groups is 1. The summed E-state index contributed by atoms with van der Waals surface area (Å²) in [5, 5.41) is 7.18. The normalized spacial score (nSPS) is 13.2. The summed E-state index contributed by atoms with van der Waals surface area (Å²) in [6.45, 7) is 4.28. The Morgan fingerprint density at radius 3 is 2.71 bits per heavy atom. The van der Waals surface area contributed by atoms with Crippen LogP contribution in [-0.4, -0.2) is 44.8 Å². The molecule has 1 saturated carbocycles. The lowest BCUT2D eigenvalue weighted by Crippen LogP contribution is -2.39. The number of rotatable bonds is 7. The third-order valence-corrected chi connectivity index (χ3v) is 6.45. The number of hydrogen-bond acceptors (Lipinski definition) is 7. The Labute approximate surface area is 216 Å². The van der Waals surface area contributed by atoms with Crippen LogP contribution in [0.3, 0.4) is 0 Å². The zero-order chi connectivity index (χ0) is 26.4. The molecule has 0 aliphatic heterocycles. The number of H-pyrrole nitrogens is 1. The summed E-state index contributed by atoms with van der Waals surface area (Å²) in [4.78, 5) is 55.0. The molecule has 1 amide bonds. The molecule has 5 aromatic rings. The number of hydrogen-bond donors (Lipinski definition) is 2. The molecule has 38 heavy (non-hydrogen) atoms. The second-order valence-corrected chi connectivity index (χ2v) is 9.31. The first-order chi connectivity index (χ1) is 18.4. The molecule has 1 aliphatic rings. The van der Waals surface area contributed by atoms with Gasteiger partial charge in [0.1, 0.15) is 11.3 Å². The maximum Gasteiger partial charge on any atom is 0.333 e. The monoisotopic (exact) mass is 511 g/mol. The number of imidazole rings is 1. The highest BCUT2D eigenvalue weighted by atomic mass is 16.2. The van der Waals surface area contributed by atoms with Gasteiger partial charge in [0.25, 0.3) is 11.5 Å². The number of anilines is 1. The van der Waals surface area contributed by atoms with E-state index >= 15 is 0 Å². The lowest BCUT2D eigenvalue weighted by molar-refractivity contribution is 0.102. The minimum Gasteiger partial charge on any atom is -0.332 e. The lowest BCUT2D eigenvalue weighted by Gasteiger charge is -2.09. The van der Waals surface area contributed by atoms with Crippen LogP contribution in [0.5, 0.6) is 0 Å². The van der Waals surface area contributed by atoms with Gasteiger partial charge in [0.15, 0.2) is 17.2 Å². The predicted octanol–water partition coefficient (Wildman–Crippen LogP) is 2.83. The van der Waals surface area contributed by atoms with Crippen LogP contribution >= 0.6 is 0 Å². The van der Waals surface area contributed by atoms with E-state index in [0.717, 1.165) is 25.0 Å². The minimum absolute atomic E-state index is 0.0381. The molecular formula is C26H25N9O3. The standard InChI is InChI=1S/C26H25N9O3/c1-3-11-33-23-21(25(37)34(26(33)38)18-7-8-18)30-22(31-23)16-6-9-20(28-13-16)35-15(2)12-19(32-35)24(36)29-17-5-4-10-27-14-17/h4-6,9-10,12-14,18H,3,7-8,11H2,1-2H3,(H,29,36)(H,30,31). The van der Waals surface area contributed by atoms with Gasteiger partial charge in [0.05, 0.1) is 11.9 Å². The van der Waals surface area contributed by atoms with Crippen LogP contribution in [0.1, 0.15) is 48.4 Å². The fourth-order valence-electron chi connectivity index (χ4n) is 4.45. The average Bonchev–Trinajstić information content (AvgIpc) is 3.52. The van der Waals surface area contributed by atoms with Gasteiger partial charge in [-0.05, 0) is 56.5 Å². The molecule has 5 aromatic heterocycles. The van der Waals surface area contributed by atoms with E-state index in [2.05, 4.69) is 30.4 Å². The topological polar surface area (TPSA) is 145 Å². The molecule has 1 fully saturated rings. The van der Waals surface area contributed by atoms with Crippen molar-refractivity contribution in [3.05, 3.63) is 81.1 Å². The van der Waals surface area contributed by atoms with E-state index in [1.54, 1.807) is 58.2 Å². The van der Waals surface area contributed by atoms with Crippen molar-refractivity contribution < 1.29 is 4.79 Å². The second-order valence-electron chi connectivity index (χ2n) is 9.31. The van der Waals surface area contributed by atoms with Crippen LogP contribution in [0.25, 0.3) is 28.4 Å². The summed E-state index contributed by atoms with van der Waals surface area (Å²) in [5.74, 6) is 0.609. The Morgan fingerprint density at radius 1 is 1.18 bits per heavy atom. The molecule has 5 heterocycles. The Bertz CT molecular complexity index is 1780. The summed E-state index contributed by atoms with van der Waals surface area (Å²) in [7, 11) is 0. The zero-order valence-electron chi connectivity index (χ0n) is 20.9. The van der Waals surface area contributed by atoms with Crippen LogP contribution < -0.4 is 16.6 Å². The molecular weight excluding hydrogens is 486 g/mol. The number of aryl methyl sites for hydroxylation is 2. The summed E-state index contributed by atoms with van der Waals surface area (Å²) < 4.78 is 4.50. The van der Waals surface area contributed by atoms with Crippen molar-refractivity contribution in [1.29, 1.82) is 0 Å². The van der Waals surface area contributed by atoms with Crippen LogP contribution in [0, 0.1) is 6.92 Å². The predicted molar refractivity (Wildman–Crippen MR) is 140 cm³/mol. The van der Waals surface area contributed by atoms with Crippen molar-refractivity contribution in [1.82, 2.24) is 38.9 Å². The number of carbonyl (C=O) groups excluding carboxylic acids is 1. The van der Waals surface area contributed by atoms with Crippen molar-refractivity contribution >= 4 is 22.8 Å². The van der Waals surface area contributed by atoms with E-state index in [1.165, 1.54) is 4.57 Å². The second kappa shape index (κ2) is 9.21. The zero-order valence-corrected chi connectivity index (χ0v) is 20.9. The van der Waals surface area contributed by atoms with Crippen molar-refractivity contribution in [2.24, 2.45) is 0 Å². The molecule has 12 heteroatoms. The lowest BCUT2D eigenvalue weighted by atomic mass is 10.2. The molecule has 12 nitrogen and oxygen atoms in total. The first-order valence-corrected chi connectivity index (χ1v) is 12.4. The molecule has 0 atom stereocenters. The van der Waals surface area contributed by atoms with Crippen molar-refractivity contribution in [2.45, 2.75) is 45.7 Å². The van der Waals surface area contributed by atoms with E-state index in [0.29, 0.717) is 40.6 Å². The molecule has 1 aliphatic carbocycles. The van der Waals surface area contributed by atoms with Gasteiger partial charge in [-0.1, -0.05) is 6.92 Å². The molecule has 0 spiro atoms. The van der Waals surface area contributed by atoms with Gasteiger partial charge in [-0.15, -0.1) is 0 Å². The van der Waals surface area contributed by atoms with Crippen molar-refractivity contribution in [3.8, 4) is 17.2 Å². The maximum absolute atomic E-state index is 13.1. The number of nitrogens with one attached hydrogen (secondary N) is 2. The average molecular weight is 512 g/mol. The van der Waals surface area contributed by atoms with E-state index in [9.17, 15) is 14.4 Å². The van der Waals surface area contributed by atoms with Gasteiger partial charge < -0.3 is 10.3 Å². The molecule has 0 saturated heterocycles. The summed E-state index contributed by atoms with van der Waals surface area (Å²) in [6.07, 6.45) is 7.21. The third kappa shape index (κ3) is 4.09. The Balaban J connectivity index is 1.31. The van der Waals surface area contributed by atoms with Gasteiger partial charge in [-0.2, -0.15) is 5.10 Å². The van der Waals surface area contributed by atoms with Gasteiger partial charge in [-0.25, -0.2) is 19.4 Å². The van der Waals surface area contributed by atoms with E-state index in [4.69, 9.17) is 0 Å². The Kier molecular flexibility index (Phi) is 5.70. The van der Waals surface area contributed by atoms with Gasteiger partial charge in [0.2, 0.25) is 0 Å². The summed E-state index contributed by atoms with van der Waals surface area (Å²) in [6, 6.07) is 8.68. The number of aromatic amines is 1. The SMILES string of the molecule is CCCn1c(=O)n(C2CC2)c(=O)c2[nH]c(-c3ccc(-n4nc(C(=O)Nc5cccnc5)cc4C)nc3)nc21. The molecule has 2 N–H and O–H groups in total. The first kappa shape index (κ1) is 23.5. The number of aromatic nitrogens is 8. The number of fused-ring (bicyclic) bond motifs is 1. The van der Waals surface area contributed by atoms with Crippen LogP contribution in [0.4, 0.5) is 5.69 Å². The minimum atomic E-state index is -0.353. The van der Waals surface area contributed by atoms with Gasteiger partial charge in [0, 0.05) is 36.2 Å². The van der Waals surface area contributed by atoms with Crippen LogP contribution in [0.15, 0.2) is 58.5 Å². The quantitative estimate of drug-likeness (QED) is 0.342. The highest BCUT2D eigenvalue weighted by Crippen LogP contribution is 2.32. The smallest absolute Gasteiger partial charge is 0.332 e. The maximum atomic E-state index is 13.1. The Morgan fingerprint density at radius 2 is 2.03 bits per heavy atom. The fraction of sp³-hybridized carbons (Fsp3) is 0.269. The summed E-state index contributed by atoms with van der Waals surface area (Å²) >= 11 is 0. The summed E-state index contributed by atoms with van der Waals surface area (Å²) in [5.41, 5.74) is 2.22. The van der Waals surface area contributed by atoms with Crippen molar-refractivity contribution in [2.75, 3.05) is 5.32 Å². The molecule has 192 valence electrons. The third-order valence-electron chi connectivity index (χ3n) is 6.45. The number of nitrogens with zero attached hydrogens (tertiary/aromatic N) is 7. The number of pyridine rings is 2. The molecule has 0 unspecified atom stereocenters. The van der Waals surface area contributed by atoms with Gasteiger partial charge in [-0.3, -0.25) is 23.7 Å². The number of amides is 1. The molecule has 0 radical (unpaired) electrons. The van der Waals surface area contributed by atoms with Crippen LogP contribution in [-0.2, 0) is 6.54 Å². The first-order valence-electron chi connectivity index (χ1n) is 12.4. The van der Waals surface area contributed by atoms with Crippen molar-refractivity contribution in [3.63, 3.8) is 0 Å². The van der Waals surface area contributed by atoms with E-state index in [1.807, 2.05) is 13.8 Å². The fourth-order valence-corrected chi connectivity index (χ4v) is 4.45. The molecule has 0 aromatic carbocycles. The van der Waals surface area contributed by atoms with Gasteiger partial charge >= 0.3 is 5.69 Å². The highest BCUT2D eigenvalue weighted by Gasteiger charge is 2.30. The molecule has 0 bridgehead atoms. The largest absolute Gasteiger partial charge is 0.333 e. The Hall–Kier alpha value is -4.87.